The SMILES string of the molecule is Cc1cc(NC(=O)c2cccc3c2CCCN3)no1. The Bertz CT molecular complexity index is 619. The van der Waals surface area contributed by atoms with Crippen molar-refractivity contribution in [3.8, 4) is 0 Å². The average Bonchev–Trinajstić information content (AvgIpc) is 2.83. The fourth-order valence-corrected chi connectivity index (χ4v) is 2.33. The number of nitrogens with one attached hydrogen (secondary N) is 2. The minimum atomic E-state index is -0.145. The maximum atomic E-state index is 12.3. The molecule has 2 aromatic rings. The normalized spacial score (nSPS) is 13.5. The van der Waals surface area contributed by atoms with Crippen LogP contribution in [0.3, 0.4) is 0 Å². The second-order valence-corrected chi connectivity index (χ2v) is 4.64. The largest absolute Gasteiger partial charge is 0.385 e. The van der Waals surface area contributed by atoms with E-state index in [9.17, 15) is 4.79 Å². The smallest absolute Gasteiger partial charge is 0.257 e. The molecule has 3 rings (SSSR count). The zero-order chi connectivity index (χ0) is 13.2. The first-order chi connectivity index (χ1) is 9.24. The second-order valence-electron chi connectivity index (χ2n) is 4.64. The van der Waals surface area contributed by atoms with Crippen LogP contribution in [-0.2, 0) is 6.42 Å². The van der Waals surface area contributed by atoms with E-state index < -0.39 is 0 Å². The third-order valence-electron chi connectivity index (χ3n) is 3.21. The van der Waals surface area contributed by atoms with E-state index in [0.29, 0.717) is 17.1 Å². The number of amides is 1. The van der Waals surface area contributed by atoms with Crippen LogP contribution in [-0.4, -0.2) is 17.6 Å². The molecule has 0 radical (unpaired) electrons. The van der Waals surface area contributed by atoms with Gasteiger partial charge in [-0.3, -0.25) is 4.79 Å². The predicted molar refractivity (Wildman–Crippen MR) is 72.4 cm³/mol. The molecular formula is C14H15N3O2. The molecule has 1 aromatic carbocycles. The lowest BCUT2D eigenvalue weighted by atomic mass is 9.97. The van der Waals surface area contributed by atoms with Crippen molar-refractivity contribution in [2.75, 3.05) is 17.2 Å². The molecule has 98 valence electrons. The summed E-state index contributed by atoms with van der Waals surface area (Å²) in [5, 5.41) is 9.84. The van der Waals surface area contributed by atoms with Gasteiger partial charge in [-0.1, -0.05) is 11.2 Å². The van der Waals surface area contributed by atoms with E-state index >= 15 is 0 Å². The summed E-state index contributed by atoms with van der Waals surface area (Å²) in [5.41, 5.74) is 2.83. The molecule has 1 aliphatic rings. The second kappa shape index (κ2) is 4.76. The van der Waals surface area contributed by atoms with E-state index in [4.69, 9.17) is 4.52 Å². The summed E-state index contributed by atoms with van der Waals surface area (Å²) < 4.78 is 4.94. The molecule has 2 heterocycles. The van der Waals surface area contributed by atoms with E-state index in [1.165, 1.54) is 0 Å². The number of hydrogen-bond acceptors (Lipinski definition) is 4. The van der Waals surface area contributed by atoms with Crippen molar-refractivity contribution in [3.63, 3.8) is 0 Å². The minimum absolute atomic E-state index is 0.145. The lowest BCUT2D eigenvalue weighted by Gasteiger charge is -2.20. The molecule has 1 aliphatic heterocycles. The van der Waals surface area contributed by atoms with E-state index in [2.05, 4.69) is 15.8 Å². The molecular weight excluding hydrogens is 242 g/mol. The van der Waals surface area contributed by atoms with Gasteiger partial charge in [0.15, 0.2) is 5.82 Å². The van der Waals surface area contributed by atoms with Crippen LogP contribution < -0.4 is 10.6 Å². The Morgan fingerprint density at radius 2 is 2.37 bits per heavy atom. The van der Waals surface area contributed by atoms with Gasteiger partial charge in [-0.2, -0.15) is 0 Å². The highest BCUT2D eigenvalue weighted by atomic mass is 16.5. The van der Waals surface area contributed by atoms with E-state index in [0.717, 1.165) is 30.6 Å². The molecule has 0 unspecified atom stereocenters. The summed E-state index contributed by atoms with van der Waals surface area (Å²) in [6.07, 6.45) is 1.96. The van der Waals surface area contributed by atoms with Gasteiger partial charge in [0.05, 0.1) is 0 Å². The molecule has 1 amide bonds. The van der Waals surface area contributed by atoms with Gasteiger partial charge in [-0.15, -0.1) is 0 Å². The summed E-state index contributed by atoms with van der Waals surface area (Å²) in [6, 6.07) is 7.44. The van der Waals surface area contributed by atoms with Crippen molar-refractivity contribution in [3.05, 3.63) is 41.2 Å². The van der Waals surface area contributed by atoms with Crippen molar-refractivity contribution in [1.82, 2.24) is 5.16 Å². The fraction of sp³-hybridized carbons (Fsp3) is 0.286. The van der Waals surface area contributed by atoms with Gasteiger partial charge in [-0.05, 0) is 37.5 Å². The summed E-state index contributed by atoms with van der Waals surface area (Å²) in [6.45, 7) is 2.75. The van der Waals surface area contributed by atoms with Gasteiger partial charge >= 0.3 is 0 Å². The van der Waals surface area contributed by atoms with Gasteiger partial charge in [0, 0.05) is 23.9 Å². The summed E-state index contributed by atoms with van der Waals surface area (Å²) in [5.74, 6) is 0.977. The van der Waals surface area contributed by atoms with Crippen LogP contribution in [0.5, 0.6) is 0 Å². The Labute approximate surface area is 111 Å². The maximum absolute atomic E-state index is 12.3. The highest BCUT2D eigenvalue weighted by Gasteiger charge is 2.18. The Kier molecular flexibility index (Phi) is 2.95. The third-order valence-corrected chi connectivity index (χ3v) is 3.21. The molecule has 0 fully saturated rings. The number of carbonyl (C=O) groups is 1. The van der Waals surface area contributed by atoms with Crippen LogP contribution in [0.25, 0.3) is 0 Å². The zero-order valence-electron chi connectivity index (χ0n) is 10.7. The number of nitrogens with zero attached hydrogens (tertiary/aromatic N) is 1. The molecule has 5 nitrogen and oxygen atoms in total. The minimum Gasteiger partial charge on any atom is -0.385 e. The predicted octanol–water partition coefficient (Wildman–Crippen LogP) is 2.59. The number of aromatic nitrogens is 1. The molecule has 0 atom stereocenters. The van der Waals surface area contributed by atoms with Crippen molar-refractivity contribution >= 4 is 17.4 Å². The highest BCUT2D eigenvalue weighted by molar-refractivity contribution is 6.05. The van der Waals surface area contributed by atoms with Gasteiger partial charge in [0.25, 0.3) is 5.91 Å². The number of anilines is 2. The Morgan fingerprint density at radius 1 is 1.47 bits per heavy atom. The number of fused-ring (bicyclic) bond motifs is 1. The molecule has 0 saturated heterocycles. The molecule has 5 heteroatoms. The van der Waals surface area contributed by atoms with Crippen LogP contribution >= 0.6 is 0 Å². The standard InChI is InChI=1S/C14H15N3O2/c1-9-8-13(17-19-9)16-14(18)11-4-2-6-12-10(11)5-3-7-15-12/h2,4,6,8,15H,3,5,7H2,1H3,(H,16,17,18). The number of carbonyl (C=O) groups excluding carboxylic acids is 1. The average molecular weight is 257 g/mol. The molecule has 0 saturated carbocycles. The molecule has 0 bridgehead atoms. The fourth-order valence-electron chi connectivity index (χ4n) is 2.33. The third kappa shape index (κ3) is 2.31. The monoisotopic (exact) mass is 257 g/mol. The Balaban J connectivity index is 1.87. The first kappa shape index (κ1) is 11.8. The summed E-state index contributed by atoms with van der Waals surface area (Å²) in [7, 11) is 0. The highest BCUT2D eigenvalue weighted by Crippen LogP contribution is 2.25. The van der Waals surface area contributed by atoms with Gasteiger partial charge in [-0.25, -0.2) is 0 Å². The lowest BCUT2D eigenvalue weighted by molar-refractivity contribution is 0.102. The Morgan fingerprint density at radius 3 is 3.16 bits per heavy atom. The number of aryl methyl sites for hydroxylation is 1. The van der Waals surface area contributed by atoms with Gasteiger partial charge in [0.2, 0.25) is 0 Å². The van der Waals surface area contributed by atoms with Gasteiger partial charge in [0.1, 0.15) is 5.76 Å². The molecule has 19 heavy (non-hydrogen) atoms. The van der Waals surface area contributed by atoms with Gasteiger partial charge < -0.3 is 15.2 Å². The van der Waals surface area contributed by atoms with Crippen LogP contribution in [0, 0.1) is 6.92 Å². The lowest BCUT2D eigenvalue weighted by Crippen LogP contribution is -2.19. The van der Waals surface area contributed by atoms with Crippen LogP contribution in [0.4, 0.5) is 11.5 Å². The van der Waals surface area contributed by atoms with Crippen LogP contribution in [0.15, 0.2) is 28.8 Å². The maximum Gasteiger partial charge on any atom is 0.257 e. The number of rotatable bonds is 2. The Hall–Kier alpha value is -2.30. The summed E-state index contributed by atoms with van der Waals surface area (Å²) in [4.78, 5) is 12.3. The topological polar surface area (TPSA) is 67.2 Å². The van der Waals surface area contributed by atoms with E-state index in [-0.39, 0.29) is 5.91 Å². The zero-order valence-corrected chi connectivity index (χ0v) is 10.7. The van der Waals surface area contributed by atoms with Crippen LogP contribution in [0.1, 0.15) is 28.1 Å². The molecule has 1 aromatic heterocycles. The molecule has 2 N–H and O–H groups in total. The number of hydrogen-bond donors (Lipinski definition) is 2. The molecule has 0 spiro atoms. The van der Waals surface area contributed by atoms with Crippen molar-refractivity contribution in [2.45, 2.75) is 19.8 Å². The summed E-state index contributed by atoms with van der Waals surface area (Å²) >= 11 is 0. The molecule has 0 aliphatic carbocycles. The first-order valence-corrected chi connectivity index (χ1v) is 6.34. The number of benzene rings is 1. The van der Waals surface area contributed by atoms with Crippen LogP contribution in [0.2, 0.25) is 0 Å². The van der Waals surface area contributed by atoms with E-state index in [1.807, 2.05) is 18.2 Å². The quantitative estimate of drug-likeness (QED) is 0.867. The van der Waals surface area contributed by atoms with E-state index in [1.54, 1.807) is 13.0 Å². The van der Waals surface area contributed by atoms with Crippen molar-refractivity contribution in [1.29, 1.82) is 0 Å². The van der Waals surface area contributed by atoms with Crippen molar-refractivity contribution < 1.29 is 9.32 Å². The first-order valence-electron chi connectivity index (χ1n) is 6.34. The van der Waals surface area contributed by atoms with Crippen molar-refractivity contribution in [2.24, 2.45) is 0 Å².